The van der Waals surface area contributed by atoms with Gasteiger partial charge in [-0.25, -0.2) is 0 Å². The predicted molar refractivity (Wildman–Crippen MR) is 92.3 cm³/mol. The molecule has 3 N–H and O–H groups in total. The van der Waals surface area contributed by atoms with Crippen molar-refractivity contribution in [2.45, 2.75) is 38.3 Å². The zero-order chi connectivity index (χ0) is 16.2. The highest BCUT2D eigenvalue weighted by molar-refractivity contribution is 5.84. The van der Waals surface area contributed by atoms with E-state index in [0.29, 0.717) is 18.9 Å². The van der Waals surface area contributed by atoms with Crippen LogP contribution in [0.4, 0.5) is 0 Å². The molecule has 1 aliphatic rings. The molecule has 0 heterocycles. The number of methoxy groups -OCH3 is 1. The van der Waals surface area contributed by atoms with Crippen molar-refractivity contribution in [2.75, 3.05) is 7.11 Å². The fourth-order valence-corrected chi connectivity index (χ4v) is 3.34. The monoisotopic (exact) mass is 312 g/mol. The van der Waals surface area contributed by atoms with Crippen LogP contribution in [-0.2, 0) is 11.3 Å². The van der Waals surface area contributed by atoms with Crippen LogP contribution in [0.5, 0.6) is 5.75 Å². The Morgan fingerprint density at radius 2 is 2.00 bits per heavy atom. The number of carbonyl (C=O) groups excluding carboxylic acids is 1. The topological polar surface area (TPSA) is 64.3 Å². The first kappa shape index (κ1) is 15.8. The van der Waals surface area contributed by atoms with Gasteiger partial charge in [-0.05, 0) is 53.3 Å². The molecule has 0 spiro atoms. The minimum absolute atomic E-state index is 0.0992. The number of nitrogens with two attached hydrogens (primary N) is 1. The Morgan fingerprint density at radius 1 is 1.22 bits per heavy atom. The number of fused-ring (bicyclic) bond motifs is 1. The number of ether oxygens (including phenoxy) is 1. The van der Waals surface area contributed by atoms with Crippen molar-refractivity contribution in [2.24, 2.45) is 11.7 Å². The molecule has 3 rings (SSSR count). The average Bonchev–Trinajstić information content (AvgIpc) is 2.97. The Hall–Kier alpha value is -2.07. The van der Waals surface area contributed by atoms with Crippen molar-refractivity contribution in [1.82, 2.24) is 5.32 Å². The summed E-state index contributed by atoms with van der Waals surface area (Å²) in [7, 11) is 1.67. The lowest BCUT2D eigenvalue weighted by molar-refractivity contribution is -0.122. The Labute approximate surface area is 137 Å². The number of hydrogen-bond donors (Lipinski definition) is 2. The molecule has 0 bridgehead atoms. The van der Waals surface area contributed by atoms with Gasteiger partial charge in [0, 0.05) is 19.0 Å². The maximum Gasteiger partial charge on any atom is 0.220 e. The minimum atomic E-state index is 0.0992. The van der Waals surface area contributed by atoms with Crippen molar-refractivity contribution in [3.05, 3.63) is 42.0 Å². The number of hydrogen-bond acceptors (Lipinski definition) is 3. The van der Waals surface area contributed by atoms with E-state index in [2.05, 4.69) is 17.4 Å². The summed E-state index contributed by atoms with van der Waals surface area (Å²) in [5.41, 5.74) is 7.13. The molecule has 0 unspecified atom stereocenters. The highest BCUT2D eigenvalue weighted by Crippen LogP contribution is 2.26. The quantitative estimate of drug-likeness (QED) is 0.892. The molecule has 1 saturated carbocycles. The Kier molecular flexibility index (Phi) is 4.82. The summed E-state index contributed by atoms with van der Waals surface area (Å²) in [6.07, 6.45) is 3.82. The lowest BCUT2D eigenvalue weighted by atomic mass is 10.00. The molecule has 0 aliphatic heterocycles. The van der Waals surface area contributed by atoms with Crippen LogP contribution in [0.25, 0.3) is 10.8 Å². The van der Waals surface area contributed by atoms with Gasteiger partial charge in [-0.15, -0.1) is 0 Å². The Morgan fingerprint density at radius 3 is 2.74 bits per heavy atom. The van der Waals surface area contributed by atoms with Crippen LogP contribution in [0.2, 0.25) is 0 Å². The van der Waals surface area contributed by atoms with E-state index in [1.807, 2.05) is 24.3 Å². The zero-order valence-electron chi connectivity index (χ0n) is 13.5. The standard InChI is InChI=1S/C19H24N2O2/c1-23-17-8-7-14-9-13(5-6-15(14)10-17)12-21-19(22)11-16-3-2-4-18(16)20/h5-10,16,18H,2-4,11-12,20H2,1H3,(H,21,22)/t16-,18+/m0/s1. The molecule has 122 valence electrons. The van der Waals surface area contributed by atoms with Crippen molar-refractivity contribution < 1.29 is 9.53 Å². The van der Waals surface area contributed by atoms with Crippen LogP contribution >= 0.6 is 0 Å². The van der Waals surface area contributed by atoms with E-state index in [1.54, 1.807) is 7.11 Å². The van der Waals surface area contributed by atoms with E-state index in [1.165, 1.54) is 0 Å². The van der Waals surface area contributed by atoms with Crippen molar-refractivity contribution >= 4 is 16.7 Å². The van der Waals surface area contributed by atoms with E-state index in [0.717, 1.165) is 41.3 Å². The SMILES string of the molecule is COc1ccc2cc(CNC(=O)C[C@@H]3CCC[C@H]3N)ccc2c1. The first-order valence-corrected chi connectivity index (χ1v) is 8.24. The number of amides is 1. The highest BCUT2D eigenvalue weighted by Gasteiger charge is 2.25. The molecule has 2 atom stereocenters. The molecular formula is C19H24N2O2. The van der Waals surface area contributed by atoms with Gasteiger partial charge in [-0.1, -0.05) is 24.6 Å². The summed E-state index contributed by atoms with van der Waals surface area (Å²) in [6, 6.07) is 12.4. The molecule has 0 saturated heterocycles. The normalized spacial score (nSPS) is 20.6. The number of carbonyl (C=O) groups is 1. The van der Waals surface area contributed by atoms with Gasteiger partial charge in [0.1, 0.15) is 5.75 Å². The van der Waals surface area contributed by atoms with Crippen LogP contribution in [0.3, 0.4) is 0 Å². The molecule has 4 heteroatoms. The average molecular weight is 312 g/mol. The fraction of sp³-hybridized carbons (Fsp3) is 0.421. The molecular weight excluding hydrogens is 288 g/mol. The molecule has 2 aromatic rings. The maximum atomic E-state index is 12.1. The molecule has 23 heavy (non-hydrogen) atoms. The summed E-state index contributed by atoms with van der Waals surface area (Å²) in [4.78, 5) is 12.1. The highest BCUT2D eigenvalue weighted by atomic mass is 16.5. The van der Waals surface area contributed by atoms with Crippen molar-refractivity contribution in [1.29, 1.82) is 0 Å². The molecule has 1 aliphatic carbocycles. The summed E-state index contributed by atoms with van der Waals surface area (Å²) in [5.74, 6) is 1.30. The third-order valence-electron chi connectivity index (χ3n) is 4.77. The van der Waals surface area contributed by atoms with Crippen LogP contribution in [0, 0.1) is 5.92 Å². The summed E-state index contributed by atoms with van der Waals surface area (Å²) in [6.45, 7) is 0.558. The van der Waals surface area contributed by atoms with E-state index in [9.17, 15) is 4.79 Å². The van der Waals surface area contributed by atoms with Crippen molar-refractivity contribution in [3.8, 4) is 5.75 Å². The third kappa shape index (κ3) is 3.82. The third-order valence-corrected chi connectivity index (χ3v) is 4.77. The van der Waals surface area contributed by atoms with Gasteiger partial charge in [0.05, 0.1) is 7.11 Å². The largest absolute Gasteiger partial charge is 0.497 e. The van der Waals surface area contributed by atoms with Gasteiger partial charge >= 0.3 is 0 Å². The minimum Gasteiger partial charge on any atom is -0.497 e. The van der Waals surface area contributed by atoms with E-state index >= 15 is 0 Å². The number of benzene rings is 2. The predicted octanol–water partition coefficient (Wildman–Crippen LogP) is 2.98. The van der Waals surface area contributed by atoms with Gasteiger partial charge in [0.2, 0.25) is 5.91 Å². The van der Waals surface area contributed by atoms with Gasteiger partial charge < -0.3 is 15.8 Å². The van der Waals surface area contributed by atoms with Crippen LogP contribution in [0.1, 0.15) is 31.2 Å². The summed E-state index contributed by atoms with van der Waals surface area (Å²) >= 11 is 0. The fourth-order valence-electron chi connectivity index (χ4n) is 3.34. The second-order valence-electron chi connectivity index (χ2n) is 6.38. The first-order chi connectivity index (χ1) is 11.2. The molecule has 0 aromatic heterocycles. The Balaban J connectivity index is 1.59. The van der Waals surface area contributed by atoms with Gasteiger partial charge in [0.25, 0.3) is 0 Å². The van der Waals surface area contributed by atoms with E-state index in [4.69, 9.17) is 10.5 Å². The first-order valence-electron chi connectivity index (χ1n) is 8.24. The molecule has 1 fully saturated rings. The van der Waals surface area contributed by atoms with Crippen LogP contribution in [-0.4, -0.2) is 19.1 Å². The zero-order valence-corrected chi connectivity index (χ0v) is 13.5. The van der Waals surface area contributed by atoms with E-state index < -0.39 is 0 Å². The van der Waals surface area contributed by atoms with Gasteiger partial charge in [0.15, 0.2) is 0 Å². The van der Waals surface area contributed by atoms with E-state index in [-0.39, 0.29) is 11.9 Å². The molecule has 0 radical (unpaired) electrons. The lowest BCUT2D eigenvalue weighted by Gasteiger charge is -2.15. The molecule has 2 aromatic carbocycles. The van der Waals surface area contributed by atoms with Crippen molar-refractivity contribution in [3.63, 3.8) is 0 Å². The number of rotatable bonds is 5. The summed E-state index contributed by atoms with van der Waals surface area (Å²) in [5, 5.41) is 5.30. The molecule has 4 nitrogen and oxygen atoms in total. The summed E-state index contributed by atoms with van der Waals surface area (Å²) < 4.78 is 5.24. The second kappa shape index (κ2) is 7.01. The second-order valence-corrected chi connectivity index (χ2v) is 6.38. The Bertz CT molecular complexity index is 699. The van der Waals surface area contributed by atoms with Crippen LogP contribution in [0.15, 0.2) is 36.4 Å². The van der Waals surface area contributed by atoms with Gasteiger partial charge in [-0.2, -0.15) is 0 Å². The smallest absolute Gasteiger partial charge is 0.220 e. The molecule has 1 amide bonds. The lowest BCUT2D eigenvalue weighted by Crippen LogP contribution is -2.31. The number of nitrogens with one attached hydrogen (secondary N) is 1. The maximum absolute atomic E-state index is 12.1. The van der Waals surface area contributed by atoms with Crippen LogP contribution < -0.4 is 15.8 Å². The van der Waals surface area contributed by atoms with Gasteiger partial charge in [-0.3, -0.25) is 4.79 Å².